The fourth-order valence-corrected chi connectivity index (χ4v) is 8.50. The molecule has 1 N–H and O–H groups in total. The molecule has 3 aliphatic rings. The molecule has 226 valence electrons. The van der Waals surface area contributed by atoms with Gasteiger partial charge in [-0.15, -0.1) is 0 Å². The summed E-state index contributed by atoms with van der Waals surface area (Å²) in [5, 5.41) is 10.5. The van der Waals surface area contributed by atoms with Gasteiger partial charge in [-0.05, 0) is 87.8 Å². The van der Waals surface area contributed by atoms with Crippen molar-refractivity contribution in [1.29, 1.82) is 0 Å². The molecule has 0 aliphatic carbocycles. The summed E-state index contributed by atoms with van der Waals surface area (Å²) in [5.41, 5.74) is 1.42. The van der Waals surface area contributed by atoms with Crippen molar-refractivity contribution in [2.24, 2.45) is 0 Å². The van der Waals surface area contributed by atoms with Crippen molar-refractivity contribution in [3.8, 4) is 11.5 Å². The van der Waals surface area contributed by atoms with Crippen LogP contribution in [0.3, 0.4) is 0 Å². The standard InChI is InChI=1S/C32H43N5O4S/c1-3-34-14-10-24(11-15-34)35-18-20-36(21-19-35)25-12-16-37(17-13-25)32-29-22-27(41-2)6-9-30(29)33-23-31(32)42(39,40)28-7-4-26(38)5-8-28/h4-9,22-25,38H,3,10-21H2,1-2H3. The van der Waals surface area contributed by atoms with Gasteiger partial charge < -0.3 is 19.6 Å². The number of benzene rings is 2. The van der Waals surface area contributed by atoms with Gasteiger partial charge in [-0.2, -0.15) is 0 Å². The van der Waals surface area contributed by atoms with E-state index in [4.69, 9.17) is 4.74 Å². The Hall–Kier alpha value is -2.92. The molecule has 10 heteroatoms. The molecule has 0 radical (unpaired) electrons. The molecular formula is C32H43N5O4S. The zero-order valence-corrected chi connectivity index (χ0v) is 25.6. The molecule has 0 atom stereocenters. The van der Waals surface area contributed by atoms with Crippen LogP contribution in [-0.4, -0.2) is 111 Å². The predicted octanol–water partition coefficient (Wildman–Crippen LogP) is 3.85. The number of rotatable bonds is 7. The maximum atomic E-state index is 13.9. The fourth-order valence-electron chi connectivity index (χ4n) is 7.06. The van der Waals surface area contributed by atoms with E-state index in [-0.39, 0.29) is 15.5 Å². The highest BCUT2D eigenvalue weighted by molar-refractivity contribution is 7.91. The summed E-state index contributed by atoms with van der Waals surface area (Å²) in [6.07, 6.45) is 6.03. The Bertz CT molecular complexity index is 1470. The number of fused-ring (bicyclic) bond motifs is 1. The first-order chi connectivity index (χ1) is 20.4. The van der Waals surface area contributed by atoms with Crippen LogP contribution in [0.4, 0.5) is 5.69 Å². The van der Waals surface area contributed by atoms with Gasteiger partial charge in [0.15, 0.2) is 0 Å². The van der Waals surface area contributed by atoms with Gasteiger partial charge in [-0.1, -0.05) is 6.92 Å². The van der Waals surface area contributed by atoms with Gasteiger partial charge in [0, 0.05) is 62.9 Å². The quantitative estimate of drug-likeness (QED) is 0.439. The third-order valence-electron chi connectivity index (χ3n) is 9.62. The number of likely N-dealkylation sites (tertiary alicyclic amines) is 1. The van der Waals surface area contributed by atoms with Crippen LogP contribution in [0.15, 0.2) is 58.5 Å². The minimum atomic E-state index is -3.88. The minimum absolute atomic E-state index is 0.0281. The lowest BCUT2D eigenvalue weighted by atomic mass is 9.99. The van der Waals surface area contributed by atoms with E-state index in [0.29, 0.717) is 17.5 Å². The second-order valence-electron chi connectivity index (χ2n) is 11.8. The molecule has 4 heterocycles. The zero-order valence-electron chi connectivity index (χ0n) is 24.8. The summed E-state index contributed by atoms with van der Waals surface area (Å²) in [7, 11) is -2.26. The van der Waals surface area contributed by atoms with Gasteiger partial charge in [0.2, 0.25) is 9.84 Å². The smallest absolute Gasteiger partial charge is 0.210 e. The number of sulfone groups is 1. The van der Waals surface area contributed by atoms with E-state index in [1.54, 1.807) is 7.11 Å². The highest BCUT2D eigenvalue weighted by Crippen LogP contribution is 2.39. The normalized spacial score (nSPS) is 20.8. The van der Waals surface area contributed by atoms with Crippen molar-refractivity contribution in [2.45, 2.75) is 54.5 Å². The van der Waals surface area contributed by atoms with Crippen LogP contribution in [0.25, 0.3) is 10.9 Å². The summed E-state index contributed by atoms with van der Waals surface area (Å²) in [5.74, 6) is 0.693. The lowest BCUT2D eigenvalue weighted by Crippen LogP contribution is -2.56. The second kappa shape index (κ2) is 12.4. The fraction of sp³-hybridized carbons (Fsp3) is 0.531. The molecule has 6 rings (SSSR count). The number of aromatic hydroxyl groups is 1. The summed E-state index contributed by atoms with van der Waals surface area (Å²) >= 11 is 0. The van der Waals surface area contributed by atoms with Gasteiger partial charge in [0.25, 0.3) is 0 Å². The Morgan fingerprint density at radius 1 is 0.857 bits per heavy atom. The number of anilines is 1. The molecule has 1 aromatic heterocycles. The van der Waals surface area contributed by atoms with E-state index in [2.05, 4.69) is 31.5 Å². The Morgan fingerprint density at radius 2 is 1.45 bits per heavy atom. The number of ether oxygens (including phenoxy) is 1. The van der Waals surface area contributed by atoms with Crippen LogP contribution in [0.2, 0.25) is 0 Å². The highest BCUT2D eigenvalue weighted by atomic mass is 32.2. The molecule has 0 unspecified atom stereocenters. The van der Waals surface area contributed by atoms with Gasteiger partial charge in [-0.3, -0.25) is 14.8 Å². The summed E-state index contributed by atoms with van der Waals surface area (Å²) in [6.45, 7) is 11.9. The first-order valence-corrected chi connectivity index (χ1v) is 16.8. The molecule has 3 aliphatic heterocycles. The van der Waals surface area contributed by atoms with Crippen LogP contribution < -0.4 is 9.64 Å². The lowest BCUT2D eigenvalue weighted by Gasteiger charge is -2.46. The van der Waals surface area contributed by atoms with E-state index in [1.165, 1.54) is 56.4 Å². The van der Waals surface area contributed by atoms with Crippen molar-refractivity contribution in [1.82, 2.24) is 19.7 Å². The Balaban J connectivity index is 1.20. The van der Waals surface area contributed by atoms with E-state index < -0.39 is 9.84 Å². The number of hydrogen-bond donors (Lipinski definition) is 1. The number of pyridine rings is 1. The molecule has 3 aromatic rings. The number of piperidine rings is 2. The Kier molecular flexibility index (Phi) is 8.58. The maximum Gasteiger partial charge on any atom is 0.210 e. The summed E-state index contributed by atoms with van der Waals surface area (Å²) < 4.78 is 33.4. The molecule has 3 saturated heterocycles. The molecule has 3 fully saturated rings. The molecule has 0 amide bonds. The Labute approximate surface area is 249 Å². The largest absolute Gasteiger partial charge is 0.508 e. The monoisotopic (exact) mass is 593 g/mol. The van der Waals surface area contributed by atoms with Crippen molar-refractivity contribution >= 4 is 26.4 Å². The number of phenolic OH excluding ortho intramolecular Hbond substituents is 1. The van der Waals surface area contributed by atoms with Gasteiger partial charge >= 0.3 is 0 Å². The SMILES string of the molecule is CCN1CCC(N2CCN(C3CCN(c4c(S(=O)(=O)c5ccc(O)cc5)cnc5ccc(OC)cc45)CC3)CC2)CC1. The van der Waals surface area contributed by atoms with E-state index in [0.717, 1.165) is 75.6 Å². The van der Waals surface area contributed by atoms with Gasteiger partial charge in [0.05, 0.1) is 23.2 Å². The van der Waals surface area contributed by atoms with Crippen LogP contribution in [0, 0.1) is 0 Å². The molecule has 0 saturated carbocycles. The molecule has 0 bridgehead atoms. The van der Waals surface area contributed by atoms with E-state index >= 15 is 0 Å². The van der Waals surface area contributed by atoms with Crippen molar-refractivity contribution in [3.63, 3.8) is 0 Å². The van der Waals surface area contributed by atoms with Crippen molar-refractivity contribution in [3.05, 3.63) is 48.7 Å². The third-order valence-corrected chi connectivity index (χ3v) is 11.4. The molecule has 0 spiro atoms. The van der Waals surface area contributed by atoms with Crippen LogP contribution in [-0.2, 0) is 9.84 Å². The average molecular weight is 594 g/mol. The molecule has 9 nitrogen and oxygen atoms in total. The number of piperazine rings is 1. The second-order valence-corrected chi connectivity index (χ2v) is 13.7. The zero-order chi connectivity index (χ0) is 29.3. The maximum absolute atomic E-state index is 13.9. The van der Waals surface area contributed by atoms with E-state index in [9.17, 15) is 13.5 Å². The van der Waals surface area contributed by atoms with Gasteiger partial charge in [0.1, 0.15) is 16.4 Å². The number of methoxy groups -OCH3 is 1. The highest BCUT2D eigenvalue weighted by Gasteiger charge is 2.33. The number of aromatic nitrogens is 1. The van der Waals surface area contributed by atoms with E-state index in [1.807, 2.05) is 18.2 Å². The molecular weight excluding hydrogens is 550 g/mol. The predicted molar refractivity (Wildman–Crippen MR) is 165 cm³/mol. The Morgan fingerprint density at radius 3 is 2.02 bits per heavy atom. The number of phenols is 1. The summed E-state index contributed by atoms with van der Waals surface area (Å²) in [4.78, 5) is 15.0. The first kappa shape index (κ1) is 29.2. The molecule has 42 heavy (non-hydrogen) atoms. The molecule has 2 aromatic carbocycles. The van der Waals surface area contributed by atoms with Crippen molar-refractivity contribution < 1.29 is 18.3 Å². The number of hydrogen-bond acceptors (Lipinski definition) is 9. The topological polar surface area (TPSA) is 89.5 Å². The lowest BCUT2D eigenvalue weighted by molar-refractivity contribution is 0.0384. The van der Waals surface area contributed by atoms with Crippen LogP contribution >= 0.6 is 0 Å². The average Bonchev–Trinajstić information content (AvgIpc) is 3.04. The van der Waals surface area contributed by atoms with Crippen molar-refractivity contribution in [2.75, 3.05) is 70.9 Å². The summed E-state index contributed by atoms with van der Waals surface area (Å²) in [6, 6.07) is 12.6. The van der Waals surface area contributed by atoms with Crippen LogP contribution in [0.1, 0.15) is 32.6 Å². The van der Waals surface area contributed by atoms with Crippen LogP contribution in [0.5, 0.6) is 11.5 Å². The minimum Gasteiger partial charge on any atom is -0.508 e. The number of nitrogens with zero attached hydrogens (tertiary/aromatic N) is 5. The first-order valence-electron chi connectivity index (χ1n) is 15.3. The van der Waals surface area contributed by atoms with Gasteiger partial charge in [-0.25, -0.2) is 8.42 Å². The third kappa shape index (κ3) is 5.82.